The summed E-state index contributed by atoms with van der Waals surface area (Å²) in [6.45, 7) is 1.11. The summed E-state index contributed by atoms with van der Waals surface area (Å²) < 4.78 is 61.5. The van der Waals surface area contributed by atoms with Crippen molar-refractivity contribution in [3.05, 3.63) is 71.8 Å². The monoisotopic (exact) mass is 524 g/mol. The summed E-state index contributed by atoms with van der Waals surface area (Å²) in [5.41, 5.74) is 5.19. The Labute approximate surface area is 215 Å². The molecular formula is C27H23F3N4O4. The van der Waals surface area contributed by atoms with Crippen molar-refractivity contribution in [1.29, 1.82) is 0 Å². The van der Waals surface area contributed by atoms with Crippen LogP contribution in [0.5, 0.6) is 23.0 Å². The Kier molecular flexibility index (Phi) is 7.01. The highest BCUT2D eigenvalue weighted by atomic mass is 19.1. The molecule has 0 aliphatic heterocycles. The lowest BCUT2D eigenvalue weighted by Crippen LogP contribution is -2.17. The largest absolute Gasteiger partial charge is 0.492 e. The lowest BCUT2D eigenvalue weighted by molar-refractivity contribution is 0.0996. The van der Waals surface area contributed by atoms with Crippen LogP contribution in [0.15, 0.2) is 48.7 Å². The lowest BCUT2D eigenvalue weighted by atomic mass is 10.0. The zero-order valence-corrected chi connectivity index (χ0v) is 20.3. The number of carbonyl (C=O) groups is 1. The van der Waals surface area contributed by atoms with Crippen molar-refractivity contribution in [3.63, 3.8) is 0 Å². The molecule has 3 N–H and O–H groups in total. The molecule has 4 aromatic rings. The Balaban J connectivity index is 1.49. The minimum atomic E-state index is -1.09. The van der Waals surface area contributed by atoms with Crippen LogP contribution in [0.25, 0.3) is 22.2 Å². The third kappa shape index (κ3) is 5.32. The van der Waals surface area contributed by atoms with E-state index in [1.807, 2.05) is 7.05 Å². The summed E-state index contributed by atoms with van der Waals surface area (Å²) in [6, 6.07) is 9.25. The Morgan fingerprint density at radius 3 is 2.53 bits per heavy atom. The van der Waals surface area contributed by atoms with Crippen LogP contribution in [0.2, 0.25) is 0 Å². The molecular weight excluding hydrogens is 501 g/mol. The zero-order valence-electron chi connectivity index (χ0n) is 20.3. The van der Waals surface area contributed by atoms with Crippen LogP contribution >= 0.6 is 0 Å². The van der Waals surface area contributed by atoms with Gasteiger partial charge in [0.05, 0.1) is 17.3 Å². The maximum Gasteiger partial charge on any atom is 0.254 e. The van der Waals surface area contributed by atoms with E-state index in [1.54, 1.807) is 18.2 Å². The van der Waals surface area contributed by atoms with Gasteiger partial charge in [-0.15, -0.1) is 0 Å². The first-order valence-electron chi connectivity index (χ1n) is 11.8. The van der Waals surface area contributed by atoms with E-state index in [-0.39, 0.29) is 34.4 Å². The van der Waals surface area contributed by atoms with Gasteiger partial charge in [-0.25, -0.2) is 13.8 Å². The van der Waals surface area contributed by atoms with Gasteiger partial charge in [0.2, 0.25) is 5.95 Å². The van der Waals surface area contributed by atoms with E-state index in [1.165, 1.54) is 12.3 Å². The highest BCUT2D eigenvalue weighted by Crippen LogP contribution is 2.38. The molecule has 2 aromatic heterocycles. The summed E-state index contributed by atoms with van der Waals surface area (Å²) in [5, 5.41) is 3.48. The molecule has 2 aromatic carbocycles. The fourth-order valence-electron chi connectivity index (χ4n) is 3.85. The number of carbonyl (C=O) groups excluding carboxylic acids is 1. The zero-order chi connectivity index (χ0) is 26.8. The van der Waals surface area contributed by atoms with Crippen LogP contribution in [0.4, 0.5) is 13.2 Å². The van der Waals surface area contributed by atoms with Gasteiger partial charge in [0, 0.05) is 35.8 Å². The molecule has 0 bridgehead atoms. The van der Waals surface area contributed by atoms with E-state index in [0.717, 1.165) is 31.0 Å². The summed E-state index contributed by atoms with van der Waals surface area (Å²) in [5.74, 6) is -4.23. The van der Waals surface area contributed by atoms with Crippen molar-refractivity contribution in [2.24, 2.45) is 5.73 Å². The smallest absolute Gasteiger partial charge is 0.254 e. The third-order valence-corrected chi connectivity index (χ3v) is 5.80. The van der Waals surface area contributed by atoms with Crippen LogP contribution in [0, 0.1) is 17.6 Å². The van der Waals surface area contributed by atoms with E-state index in [2.05, 4.69) is 15.3 Å². The van der Waals surface area contributed by atoms with Gasteiger partial charge in [0.25, 0.3) is 5.91 Å². The number of hydrogen-bond donors (Lipinski definition) is 2. The number of nitrogens with two attached hydrogens (primary N) is 1. The number of hydrogen-bond acceptors (Lipinski definition) is 7. The molecule has 1 fully saturated rings. The normalized spacial score (nSPS) is 12.9. The number of likely N-dealkylation sites (N-methyl/N-ethyl adjacent to an activating group) is 1. The van der Waals surface area contributed by atoms with Gasteiger partial charge in [-0.05, 0) is 50.2 Å². The molecule has 0 spiro atoms. The molecule has 196 valence electrons. The second kappa shape index (κ2) is 10.5. The van der Waals surface area contributed by atoms with Gasteiger partial charge in [-0.3, -0.25) is 9.78 Å². The maximum atomic E-state index is 15.2. The quantitative estimate of drug-likeness (QED) is 0.228. The highest BCUT2D eigenvalue weighted by molar-refractivity contribution is 6.01. The minimum absolute atomic E-state index is 0.124. The molecule has 5 rings (SSSR count). The number of fused-ring (bicyclic) bond motifs is 1. The number of benzene rings is 2. The average Bonchev–Trinajstić information content (AvgIpc) is 3.69. The first-order valence-corrected chi connectivity index (χ1v) is 11.8. The van der Waals surface area contributed by atoms with Crippen LogP contribution in [-0.2, 0) is 0 Å². The molecule has 1 saturated carbocycles. The molecule has 0 unspecified atom stereocenters. The number of aromatic nitrogens is 2. The number of primary amides is 1. The molecule has 11 heteroatoms. The molecule has 1 aliphatic carbocycles. The van der Waals surface area contributed by atoms with Crippen LogP contribution < -0.4 is 25.3 Å². The predicted molar refractivity (Wildman–Crippen MR) is 133 cm³/mol. The second-order valence-electron chi connectivity index (χ2n) is 8.66. The fourth-order valence-corrected chi connectivity index (χ4v) is 3.85. The number of amides is 1. The van der Waals surface area contributed by atoms with Crippen LogP contribution in [0.3, 0.4) is 0 Å². The van der Waals surface area contributed by atoms with E-state index in [9.17, 15) is 9.18 Å². The Morgan fingerprint density at radius 2 is 1.84 bits per heavy atom. The third-order valence-electron chi connectivity index (χ3n) is 5.80. The highest BCUT2D eigenvalue weighted by Gasteiger charge is 2.29. The van der Waals surface area contributed by atoms with E-state index < -0.39 is 29.2 Å². The van der Waals surface area contributed by atoms with Crippen molar-refractivity contribution in [2.45, 2.75) is 18.9 Å². The summed E-state index contributed by atoms with van der Waals surface area (Å²) in [4.78, 5) is 20.1. The predicted octanol–water partition coefficient (Wildman–Crippen LogP) is 4.74. The Hall–Kier alpha value is -4.38. The number of nitrogens with one attached hydrogen (secondary N) is 1. The van der Waals surface area contributed by atoms with Crippen molar-refractivity contribution in [2.75, 3.05) is 20.2 Å². The van der Waals surface area contributed by atoms with Gasteiger partial charge in [-0.2, -0.15) is 4.39 Å². The molecule has 1 aliphatic rings. The van der Waals surface area contributed by atoms with E-state index in [0.29, 0.717) is 29.8 Å². The fraction of sp³-hybridized carbons (Fsp3) is 0.222. The molecule has 8 nitrogen and oxygen atoms in total. The molecule has 0 atom stereocenters. The van der Waals surface area contributed by atoms with Crippen molar-refractivity contribution < 1.29 is 32.2 Å². The number of rotatable bonds is 10. The van der Waals surface area contributed by atoms with Crippen LogP contribution in [-0.4, -0.2) is 42.2 Å². The lowest BCUT2D eigenvalue weighted by Gasteiger charge is -2.15. The number of nitrogens with zero attached hydrogens (tertiary/aromatic N) is 2. The first kappa shape index (κ1) is 25.3. The average molecular weight is 524 g/mol. The molecule has 0 radical (unpaired) electrons. The number of pyridine rings is 2. The molecule has 38 heavy (non-hydrogen) atoms. The number of ether oxygens (including phenoxy) is 3. The SMILES string of the molecule is CNCCOc1ccc2c(Oc3c(F)cc(-c4nc(F)cc(OC5CC5)c4C(N)=O)cc3F)ccnc2c1. The molecule has 2 heterocycles. The summed E-state index contributed by atoms with van der Waals surface area (Å²) in [7, 11) is 1.81. The molecule has 0 saturated heterocycles. The van der Waals surface area contributed by atoms with Gasteiger partial charge in [0.15, 0.2) is 17.4 Å². The Morgan fingerprint density at radius 1 is 1.08 bits per heavy atom. The van der Waals surface area contributed by atoms with Crippen molar-refractivity contribution in [1.82, 2.24) is 15.3 Å². The second-order valence-corrected chi connectivity index (χ2v) is 8.66. The minimum Gasteiger partial charge on any atom is -0.492 e. The maximum absolute atomic E-state index is 15.2. The van der Waals surface area contributed by atoms with E-state index in [4.69, 9.17) is 19.9 Å². The van der Waals surface area contributed by atoms with Gasteiger partial charge < -0.3 is 25.3 Å². The van der Waals surface area contributed by atoms with Gasteiger partial charge >= 0.3 is 0 Å². The van der Waals surface area contributed by atoms with Crippen LogP contribution in [0.1, 0.15) is 23.2 Å². The first-order chi connectivity index (χ1) is 18.3. The Bertz CT molecular complexity index is 1510. The van der Waals surface area contributed by atoms with Gasteiger partial charge in [0.1, 0.15) is 29.4 Å². The van der Waals surface area contributed by atoms with Crippen molar-refractivity contribution >= 4 is 16.8 Å². The van der Waals surface area contributed by atoms with Crippen molar-refractivity contribution in [3.8, 4) is 34.3 Å². The van der Waals surface area contributed by atoms with E-state index >= 15 is 8.78 Å². The standard InChI is InChI=1S/C27H23F3N4O4/c1-32-8-9-36-16-4-5-17-20(12-16)33-7-6-21(17)38-26-18(28)10-14(11-19(26)29)25-24(27(31)35)22(13-23(30)34-25)37-15-2-3-15/h4-7,10-13,15,32H,2-3,8-9H2,1H3,(H2,31,35). The number of halogens is 3. The summed E-state index contributed by atoms with van der Waals surface area (Å²) in [6.07, 6.45) is 2.73. The van der Waals surface area contributed by atoms with Gasteiger partial charge in [-0.1, -0.05) is 0 Å². The molecule has 1 amide bonds. The topological polar surface area (TPSA) is 109 Å². The summed E-state index contributed by atoms with van der Waals surface area (Å²) >= 11 is 0.